The Morgan fingerprint density at radius 2 is 1.70 bits per heavy atom. The minimum atomic E-state index is -1.81. The molecule has 4 heteroatoms. The fraction of sp³-hybridized carbons (Fsp3) is 1.00. The van der Waals surface area contributed by atoms with E-state index < -0.39 is 8.56 Å². The fourth-order valence-electron chi connectivity index (χ4n) is 0.818. The summed E-state index contributed by atoms with van der Waals surface area (Å²) in [7, 11) is 1.68. The SMILES string of the molecule is CO[Si](CI)(OC)C(C)C. The first-order chi connectivity index (χ1) is 4.63. The molecule has 0 aromatic heterocycles. The molecular formula is C6H15IO2Si. The van der Waals surface area contributed by atoms with Gasteiger partial charge in [-0.05, 0) is 5.54 Å². The van der Waals surface area contributed by atoms with Gasteiger partial charge in [-0.1, -0.05) is 36.4 Å². The number of rotatable bonds is 4. The van der Waals surface area contributed by atoms with Crippen LogP contribution in [0.4, 0.5) is 0 Å². The second kappa shape index (κ2) is 4.69. The predicted octanol–water partition coefficient (Wildman–Crippen LogP) is 2.11. The Morgan fingerprint density at radius 3 is 1.70 bits per heavy atom. The first kappa shape index (κ1) is 10.9. The van der Waals surface area contributed by atoms with Gasteiger partial charge in [0.25, 0.3) is 0 Å². The van der Waals surface area contributed by atoms with Gasteiger partial charge in [-0.3, -0.25) is 0 Å². The van der Waals surface area contributed by atoms with E-state index in [-0.39, 0.29) is 0 Å². The number of halogens is 1. The van der Waals surface area contributed by atoms with Crippen LogP contribution in [-0.4, -0.2) is 26.8 Å². The van der Waals surface area contributed by atoms with E-state index in [0.717, 1.165) is 4.05 Å². The Balaban J connectivity index is 4.15. The van der Waals surface area contributed by atoms with Crippen molar-refractivity contribution in [2.24, 2.45) is 0 Å². The van der Waals surface area contributed by atoms with Gasteiger partial charge in [-0.2, -0.15) is 0 Å². The summed E-state index contributed by atoms with van der Waals surface area (Å²) in [5.41, 5.74) is 0.527. The summed E-state index contributed by atoms with van der Waals surface area (Å²) >= 11 is 2.33. The van der Waals surface area contributed by atoms with E-state index in [2.05, 4.69) is 36.4 Å². The van der Waals surface area contributed by atoms with E-state index in [0.29, 0.717) is 5.54 Å². The lowest BCUT2D eigenvalue weighted by Crippen LogP contribution is -2.45. The Morgan fingerprint density at radius 1 is 1.30 bits per heavy atom. The topological polar surface area (TPSA) is 18.5 Å². The molecule has 0 aromatic carbocycles. The summed E-state index contributed by atoms with van der Waals surface area (Å²) in [6, 6.07) is 0. The molecule has 0 amide bonds. The molecule has 10 heavy (non-hydrogen) atoms. The molecule has 0 rings (SSSR count). The highest BCUT2D eigenvalue weighted by molar-refractivity contribution is 14.1. The van der Waals surface area contributed by atoms with E-state index in [1.807, 2.05) is 0 Å². The lowest BCUT2D eigenvalue weighted by atomic mass is 10.6. The highest BCUT2D eigenvalue weighted by Gasteiger charge is 2.37. The van der Waals surface area contributed by atoms with Gasteiger partial charge in [0.05, 0.1) is 0 Å². The van der Waals surface area contributed by atoms with Crippen molar-refractivity contribution >= 4 is 31.2 Å². The predicted molar refractivity (Wildman–Crippen MR) is 53.8 cm³/mol. The van der Waals surface area contributed by atoms with Gasteiger partial charge in [0.1, 0.15) is 0 Å². The molecule has 0 aromatic rings. The van der Waals surface area contributed by atoms with Gasteiger partial charge in [0.2, 0.25) is 0 Å². The molecule has 2 nitrogen and oxygen atoms in total. The molecule has 0 bridgehead atoms. The molecule has 0 aliphatic heterocycles. The average Bonchev–Trinajstić information content (AvgIpc) is 1.92. The number of alkyl halides is 1. The lowest BCUT2D eigenvalue weighted by molar-refractivity contribution is 0.240. The van der Waals surface area contributed by atoms with Crippen molar-refractivity contribution in [2.75, 3.05) is 18.3 Å². The Labute approximate surface area is 77.7 Å². The molecule has 0 saturated heterocycles. The normalized spacial score (nSPS) is 12.6. The molecule has 62 valence electrons. The standard InChI is InChI=1S/C6H15IO2Si/c1-6(2)10(5-7,8-3)9-4/h6H,5H2,1-4H3. The maximum absolute atomic E-state index is 5.41. The maximum Gasteiger partial charge on any atom is 0.350 e. The van der Waals surface area contributed by atoms with Crippen molar-refractivity contribution in [3.8, 4) is 0 Å². The van der Waals surface area contributed by atoms with Crippen molar-refractivity contribution < 1.29 is 8.85 Å². The van der Waals surface area contributed by atoms with Crippen LogP contribution in [0, 0.1) is 0 Å². The Bertz CT molecular complexity index is 85.5. The largest absolute Gasteiger partial charge is 0.397 e. The van der Waals surface area contributed by atoms with Crippen molar-refractivity contribution in [3.63, 3.8) is 0 Å². The summed E-state index contributed by atoms with van der Waals surface area (Å²) in [6.45, 7) is 4.30. The van der Waals surface area contributed by atoms with Gasteiger partial charge in [-0.15, -0.1) is 0 Å². The van der Waals surface area contributed by atoms with E-state index in [4.69, 9.17) is 8.85 Å². The lowest BCUT2D eigenvalue weighted by Gasteiger charge is -2.28. The third kappa shape index (κ3) is 2.18. The summed E-state index contributed by atoms with van der Waals surface area (Å²) in [5.74, 6) is 0. The van der Waals surface area contributed by atoms with Crippen molar-refractivity contribution in [3.05, 3.63) is 0 Å². The van der Waals surface area contributed by atoms with Crippen LogP contribution < -0.4 is 0 Å². The molecule has 0 fully saturated rings. The highest BCUT2D eigenvalue weighted by atomic mass is 127. The van der Waals surface area contributed by atoms with Crippen LogP contribution in [0.5, 0.6) is 0 Å². The minimum absolute atomic E-state index is 0.527. The Kier molecular flexibility index (Phi) is 5.09. The van der Waals surface area contributed by atoms with Gasteiger partial charge in [0, 0.05) is 18.3 Å². The van der Waals surface area contributed by atoms with Crippen LogP contribution in [0.3, 0.4) is 0 Å². The van der Waals surface area contributed by atoms with E-state index in [9.17, 15) is 0 Å². The molecular weight excluding hydrogens is 259 g/mol. The van der Waals surface area contributed by atoms with Crippen LogP contribution in [0.15, 0.2) is 0 Å². The van der Waals surface area contributed by atoms with Gasteiger partial charge in [0.15, 0.2) is 0 Å². The van der Waals surface area contributed by atoms with Gasteiger partial charge >= 0.3 is 8.56 Å². The zero-order valence-corrected chi connectivity index (χ0v) is 10.1. The molecule has 0 saturated carbocycles. The van der Waals surface area contributed by atoms with Crippen LogP contribution in [0.25, 0.3) is 0 Å². The molecule has 0 radical (unpaired) electrons. The van der Waals surface area contributed by atoms with Crippen LogP contribution in [0.2, 0.25) is 5.54 Å². The quantitative estimate of drug-likeness (QED) is 0.444. The third-order valence-corrected chi connectivity index (χ3v) is 8.46. The van der Waals surface area contributed by atoms with Crippen molar-refractivity contribution in [1.29, 1.82) is 0 Å². The molecule has 0 aliphatic rings. The second-order valence-corrected chi connectivity index (χ2v) is 8.66. The second-order valence-electron chi connectivity index (χ2n) is 2.51. The minimum Gasteiger partial charge on any atom is -0.397 e. The van der Waals surface area contributed by atoms with Crippen LogP contribution in [-0.2, 0) is 8.85 Å². The third-order valence-electron chi connectivity index (χ3n) is 1.76. The summed E-state index contributed by atoms with van der Waals surface area (Å²) in [5, 5.41) is 0. The maximum atomic E-state index is 5.41. The first-order valence-electron chi connectivity index (χ1n) is 3.29. The molecule has 0 aliphatic carbocycles. The van der Waals surface area contributed by atoms with Gasteiger partial charge < -0.3 is 8.85 Å². The molecule has 0 atom stereocenters. The molecule has 0 N–H and O–H groups in total. The van der Waals surface area contributed by atoms with Crippen molar-refractivity contribution in [2.45, 2.75) is 19.4 Å². The van der Waals surface area contributed by atoms with E-state index in [1.165, 1.54) is 0 Å². The first-order valence-corrected chi connectivity index (χ1v) is 6.92. The zero-order chi connectivity index (χ0) is 8.20. The van der Waals surface area contributed by atoms with E-state index in [1.54, 1.807) is 14.2 Å². The highest BCUT2D eigenvalue weighted by Crippen LogP contribution is 2.23. The molecule has 0 spiro atoms. The number of hydrogen-bond donors (Lipinski definition) is 0. The average molecular weight is 274 g/mol. The zero-order valence-electron chi connectivity index (χ0n) is 6.98. The molecule has 0 heterocycles. The smallest absolute Gasteiger partial charge is 0.350 e. The van der Waals surface area contributed by atoms with Gasteiger partial charge in [-0.25, -0.2) is 0 Å². The summed E-state index contributed by atoms with van der Waals surface area (Å²) < 4.78 is 11.8. The van der Waals surface area contributed by atoms with Crippen LogP contribution >= 0.6 is 22.6 Å². The summed E-state index contributed by atoms with van der Waals surface area (Å²) in [4.78, 5) is 0. The molecule has 0 unspecified atom stereocenters. The monoisotopic (exact) mass is 274 g/mol. The summed E-state index contributed by atoms with van der Waals surface area (Å²) in [6.07, 6.45) is 0. The Hall–Kier alpha value is 0.867. The fourth-order valence-corrected chi connectivity index (χ4v) is 6.97. The number of hydrogen-bond acceptors (Lipinski definition) is 2. The van der Waals surface area contributed by atoms with Crippen LogP contribution in [0.1, 0.15) is 13.8 Å². The van der Waals surface area contributed by atoms with E-state index >= 15 is 0 Å². The van der Waals surface area contributed by atoms with Crippen molar-refractivity contribution in [1.82, 2.24) is 0 Å².